The molecule has 0 saturated carbocycles. The zero-order chi connectivity index (χ0) is 11.8. The van der Waals surface area contributed by atoms with Crippen LogP contribution in [0.1, 0.15) is 11.3 Å². The summed E-state index contributed by atoms with van der Waals surface area (Å²) >= 11 is 5.83. The number of fused-ring (bicyclic) bond motifs is 1. The van der Waals surface area contributed by atoms with Crippen LogP contribution >= 0.6 is 11.6 Å². The van der Waals surface area contributed by atoms with E-state index >= 15 is 0 Å². The highest BCUT2D eigenvalue weighted by Gasteiger charge is 2.22. The van der Waals surface area contributed by atoms with E-state index in [1.54, 1.807) is 12.3 Å². The number of halogens is 2. The second-order valence-corrected chi connectivity index (χ2v) is 4.36. The Labute approximate surface area is 102 Å². The maximum absolute atomic E-state index is 13.6. The van der Waals surface area contributed by atoms with Crippen LogP contribution < -0.4 is 4.90 Å². The van der Waals surface area contributed by atoms with E-state index in [0.717, 1.165) is 17.7 Å². The van der Waals surface area contributed by atoms with Crippen LogP contribution in [0.15, 0.2) is 23.0 Å². The van der Waals surface area contributed by atoms with Gasteiger partial charge in [-0.2, -0.15) is 4.39 Å². The molecule has 2 aromatic rings. The molecule has 1 aliphatic heterocycles. The molecule has 0 fully saturated rings. The standard InChI is InChI=1S/C11H9ClFN3O/c12-8-3-10(11(13)14-4-8)16-2-1-9-7(5-16)6-17-15-9/h3-4,6H,1-2,5H2. The lowest BCUT2D eigenvalue weighted by molar-refractivity contribution is 0.412. The fraction of sp³-hybridized carbons (Fsp3) is 0.273. The fourth-order valence-electron chi connectivity index (χ4n) is 1.98. The Hall–Kier alpha value is -1.62. The molecule has 0 N–H and O–H groups in total. The Bertz CT molecular complexity index is 557. The molecule has 4 nitrogen and oxygen atoms in total. The van der Waals surface area contributed by atoms with Gasteiger partial charge in [-0.3, -0.25) is 0 Å². The first-order valence-corrected chi connectivity index (χ1v) is 5.60. The minimum Gasteiger partial charge on any atom is -0.364 e. The van der Waals surface area contributed by atoms with Crippen molar-refractivity contribution in [1.29, 1.82) is 0 Å². The van der Waals surface area contributed by atoms with E-state index in [1.165, 1.54) is 6.20 Å². The van der Waals surface area contributed by atoms with Crippen LogP contribution in [0.4, 0.5) is 10.1 Å². The second-order valence-electron chi connectivity index (χ2n) is 3.92. The molecule has 17 heavy (non-hydrogen) atoms. The van der Waals surface area contributed by atoms with Gasteiger partial charge in [0.25, 0.3) is 0 Å². The summed E-state index contributed by atoms with van der Waals surface area (Å²) in [6, 6.07) is 1.59. The summed E-state index contributed by atoms with van der Waals surface area (Å²) < 4.78 is 18.5. The van der Waals surface area contributed by atoms with Crippen molar-refractivity contribution in [3.8, 4) is 0 Å². The predicted molar refractivity (Wildman–Crippen MR) is 60.5 cm³/mol. The normalized spacial score (nSPS) is 14.8. The zero-order valence-corrected chi connectivity index (χ0v) is 9.62. The monoisotopic (exact) mass is 253 g/mol. The molecular weight excluding hydrogens is 245 g/mol. The first kappa shape index (κ1) is 10.5. The van der Waals surface area contributed by atoms with Crippen molar-refractivity contribution in [2.24, 2.45) is 0 Å². The first-order valence-electron chi connectivity index (χ1n) is 5.22. The van der Waals surface area contributed by atoms with E-state index < -0.39 is 5.95 Å². The Balaban J connectivity index is 1.94. The van der Waals surface area contributed by atoms with Crippen molar-refractivity contribution in [3.05, 3.63) is 40.8 Å². The van der Waals surface area contributed by atoms with Crippen molar-refractivity contribution in [2.75, 3.05) is 11.4 Å². The highest BCUT2D eigenvalue weighted by Crippen LogP contribution is 2.27. The van der Waals surface area contributed by atoms with Gasteiger partial charge in [-0.25, -0.2) is 4.98 Å². The van der Waals surface area contributed by atoms with Crippen molar-refractivity contribution >= 4 is 17.3 Å². The molecule has 0 atom stereocenters. The summed E-state index contributed by atoms with van der Waals surface area (Å²) in [7, 11) is 0. The summed E-state index contributed by atoms with van der Waals surface area (Å²) in [6.45, 7) is 1.25. The van der Waals surface area contributed by atoms with E-state index in [9.17, 15) is 4.39 Å². The van der Waals surface area contributed by atoms with Gasteiger partial charge in [-0.15, -0.1) is 0 Å². The maximum atomic E-state index is 13.6. The lowest BCUT2D eigenvalue weighted by Gasteiger charge is -2.27. The third kappa shape index (κ3) is 1.86. The molecule has 0 saturated heterocycles. The average Bonchev–Trinajstić information content (AvgIpc) is 2.79. The van der Waals surface area contributed by atoms with Gasteiger partial charge < -0.3 is 9.42 Å². The SMILES string of the molecule is Fc1ncc(Cl)cc1N1CCc2nocc2C1. The number of anilines is 1. The van der Waals surface area contributed by atoms with Gasteiger partial charge in [0.15, 0.2) is 0 Å². The molecule has 0 spiro atoms. The lowest BCUT2D eigenvalue weighted by Crippen LogP contribution is -2.30. The van der Waals surface area contributed by atoms with Gasteiger partial charge in [0.1, 0.15) is 6.26 Å². The fourth-order valence-corrected chi connectivity index (χ4v) is 2.13. The third-order valence-electron chi connectivity index (χ3n) is 2.84. The molecule has 88 valence electrons. The highest BCUT2D eigenvalue weighted by molar-refractivity contribution is 6.30. The van der Waals surface area contributed by atoms with Crippen LogP contribution in [0.5, 0.6) is 0 Å². The largest absolute Gasteiger partial charge is 0.364 e. The number of aromatic nitrogens is 2. The minimum atomic E-state index is -0.505. The molecule has 0 radical (unpaired) electrons. The summed E-state index contributed by atoms with van der Waals surface area (Å²) in [5.41, 5.74) is 2.34. The van der Waals surface area contributed by atoms with Crippen molar-refractivity contribution in [1.82, 2.24) is 10.1 Å². The summed E-state index contributed by atoms with van der Waals surface area (Å²) in [4.78, 5) is 5.50. The number of hydrogen-bond donors (Lipinski definition) is 0. The summed E-state index contributed by atoms with van der Waals surface area (Å²) in [5.74, 6) is -0.505. The number of hydrogen-bond acceptors (Lipinski definition) is 4. The van der Waals surface area contributed by atoms with Crippen LogP contribution in [0.3, 0.4) is 0 Å². The molecule has 3 rings (SSSR count). The van der Waals surface area contributed by atoms with Gasteiger partial charge in [-0.05, 0) is 6.07 Å². The van der Waals surface area contributed by atoms with Gasteiger partial charge in [0, 0.05) is 31.3 Å². The molecule has 6 heteroatoms. The molecule has 3 heterocycles. The molecule has 0 bridgehead atoms. The van der Waals surface area contributed by atoms with E-state index in [-0.39, 0.29) is 0 Å². The molecule has 1 aliphatic rings. The van der Waals surface area contributed by atoms with E-state index in [0.29, 0.717) is 23.8 Å². The summed E-state index contributed by atoms with van der Waals surface area (Å²) in [6.07, 6.45) is 3.63. The molecule has 0 unspecified atom stereocenters. The van der Waals surface area contributed by atoms with Crippen molar-refractivity contribution in [3.63, 3.8) is 0 Å². The van der Waals surface area contributed by atoms with Crippen LogP contribution in [0.2, 0.25) is 5.02 Å². The smallest absolute Gasteiger partial charge is 0.236 e. The van der Waals surface area contributed by atoms with Crippen LogP contribution in [0, 0.1) is 5.95 Å². The minimum absolute atomic E-state index is 0.421. The van der Waals surface area contributed by atoms with Crippen molar-refractivity contribution < 1.29 is 8.91 Å². The van der Waals surface area contributed by atoms with Crippen LogP contribution in [-0.2, 0) is 13.0 Å². The quantitative estimate of drug-likeness (QED) is 0.732. The first-order chi connectivity index (χ1) is 8.24. The zero-order valence-electron chi connectivity index (χ0n) is 8.86. The molecular formula is C11H9ClFN3O. The number of nitrogens with zero attached hydrogens (tertiary/aromatic N) is 3. The number of rotatable bonds is 1. The second kappa shape index (κ2) is 4.00. The topological polar surface area (TPSA) is 42.2 Å². The van der Waals surface area contributed by atoms with Gasteiger partial charge in [0.2, 0.25) is 5.95 Å². The highest BCUT2D eigenvalue weighted by atomic mass is 35.5. The predicted octanol–water partition coefficient (Wildman–Crippen LogP) is 2.42. The van der Waals surface area contributed by atoms with E-state index in [2.05, 4.69) is 10.1 Å². The Morgan fingerprint density at radius 3 is 3.24 bits per heavy atom. The molecule has 0 aromatic carbocycles. The Morgan fingerprint density at radius 1 is 1.47 bits per heavy atom. The molecule has 2 aromatic heterocycles. The van der Waals surface area contributed by atoms with Crippen molar-refractivity contribution in [2.45, 2.75) is 13.0 Å². The Morgan fingerprint density at radius 2 is 2.35 bits per heavy atom. The average molecular weight is 254 g/mol. The van der Waals surface area contributed by atoms with Gasteiger partial charge >= 0.3 is 0 Å². The number of pyridine rings is 1. The third-order valence-corrected chi connectivity index (χ3v) is 3.04. The summed E-state index contributed by atoms with van der Waals surface area (Å²) in [5, 5.41) is 4.32. The van der Waals surface area contributed by atoms with Gasteiger partial charge in [-0.1, -0.05) is 16.8 Å². The molecule has 0 amide bonds. The lowest BCUT2D eigenvalue weighted by atomic mass is 10.1. The van der Waals surface area contributed by atoms with Crippen LogP contribution in [0.25, 0.3) is 0 Å². The van der Waals surface area contributed by atoms with E-state index in [4.69, 9.17) is 16.1 Å². The van der Waals surface area contributed by atoms with E-state index in [1.807, 2.05) is 4.90 Å². The Kier molecular flexibility index (Phi) is 2.48. The van der Waals surface area contributed by atoms with Crippen LogP contribution in [-0.4, -0.2) is 16.7 Å². The van der Waals surface area contributed by atoms with Gasteiger partial charge in [0.05, 0.1) is 16.4 Å². The molecule has 0 aliphatic carbocycles. The maximum Gasteiger partial charge on any atom is 0.236 e.